The summed E-state index contributed by atoms with van der Waals surface area (Å²) in [5, 5.41) is 4.55. The Hall–Kier alpha value is -0.570. The van der Waals surface area contributed by atoms with Gasteiger partial charge in [0.05, 0.1) is 6.10 Å². The van der Waals surface area contributed by atoms with Gasteiger partial charge in [0, 0.05) is 17.7 Å². The van der Waals surface area contributed by atoms with Crippen molar-refractivity contribution in [3.8, 4) is 0 Å². The van der Waals surface area contributed by atoms with Crippen molar-refractivity contribution in [1.82, 2.24) is 5.32 Å². The minimum Gasteiger partial charge on any atom is -0.378 e. The molecule has 118 valence electrons. The highest BCUT2D eigenvalue weighted by molar-refractivity contribution is 6.31. The summed E-state index contributed by atoms with van der Waals surface area (Å²) in [4.78, 5) is 0. The molecule has 2 unspecified atom stereocenters. The van der Waals surface area contributed by atoms with Crippen LogP contribution < -0.4 is 5.32 Å². The van der Waals surface area contributed by atoms with E-state index in [2.05, 4.69) is 31.3 Å². The predicted octanol–water partition coefficient (Wildman–Crippen LogP) is 5.04. The topological polar surface area (TPSA) is 21.3 Å². The van der Waals surface area contributed by atoms with Crippen molar-refractivity contribution in [1.29, 1.82) is 0 Å². The molecule has 1 aromatic carbocycles. The second kappa shape index (κ2) is 8.77. The molecule has 0 radical (unpaired) electrons. The zero-order valence-electron chi connectivity index (χ0n) is 13.3. The summed E-state index contributed by atoms with van der Waals surface area (Å²) in [6.45, 7) is 6.34. The first-order valence-corrected chi connectivity index (χ1v) is 8.70. The summed E-state index contributed by atoms with van der Waals surface area (Å²) in [5.41, 5.74) is 2.56. The molecule has 0 bridgehead atoms. The minimum absolute atomic E-state index is 0.407. The average Bonchev–Trinajstić information content (AvgIpc) is 2.99. The molecule has 2 rings (SSSR count). The van der Waals surface area contributed by atoms with Crippen LogP contribution in [0, 0.1) is 6.92 Å². The Kier molecular flexibility index (Phi) is 7.01. The molecule has 0 aromatic heterocycles. The molecular formula is C18H28ClNO. The summed E-state index contributed by atoms with van der Waals surface area (Å²) >= 11 is 6.28. The molecule has 1 aliphatic heterocycles. The zero-order valence-corrected chi connectivity index (χ0v) is 14.1. The van der Waals surface area contributed by atoms with Gasteiger partial charge in [-0.05, 0) is 69.2 Å². The number of nitrogens with one attached hydrogen (secondary N) is 1. The van der Waals surface area contributed by atoms with Crippen LogP contribution in [0.25, 0.3) is 0 Å². The minimum atomic E-state index is 0.407. The Morgan fingerprint density at radius 2 is 2.29 bits per heavy atom. The Morgan fingerprint density at radius 1 is 1.43 bits per heavy atom. The van der Waals surface area contributed by atoms with Gasteiger partial charge in [0.25, 0.3) is 0 Å². The number of halogens is 1. The number of rotatable bonds is 8. The van der Waals surface area contributed by atoms with Gasteiger partial charge in [-0.3, -0.25) is 0 Å². The average molecular weight is 310 g/mol. The lowest BCUT2D eigenvalue weighted by Gasteiger charge is -2.22. The van der Waals surface area contributed by atoms with E-state index in [0.717, 1.165) is 31.0 Å². The van der Waals surface area contributed by atoms with E-state index in [1.165, 1.54) is 36.8 Å². The van der Waals surface area contributed by atoms with Gasteiger partial charge in [-0.1, -0.05) is 30.7 Å². The Balaban J connectivity index is 1.94. The van der Waals surface area contributed by atoms with Crippen molar-refractivity contribution in [2.24, 2.45) is 0 Å². The van der Waals surface area contributed by atoms with E-state index in [9.17, 15) is 0 Å². The first-order chi connectivity index (χ1) is 10.2. The van der Waals surface area contributed by atoms with E-state index >= 15 is 0 Å². The summed E-state index contributed by atoms with van der Waals surface area (Å²) in [6, 6.07) is 6.65. The molecule has 0 aliphatic carbocycles. The smallest absolute Gasteiger partial charge is 0.0576 e. The first-order valence-electron chi connectivity index (χ1n) is 8.32. The third kappa shape index (κ3) is 4.98. The Bertz CT molecular complexity index is 429. The number of hydrogen-bond donors (Lipinski definition) is 1. The van der Waals surface area contributed by atoms with Crippen LogP contribution in [0.1, 0.15) is 62.6 Å². The van der Waals surface area contributed by atoms with Crippen LogP contribution in [0.15, 0.2) is 18.2 Å². The molecule has 0 spiro atoms. The molecule has 1 saturated heterocycles. The van der Waals surface area contributed by atoms with Gasteiger partial charge < -0.3 is 10.1 Å². The highest BCUT2D eigenvalue weighted by Gasteiger charge is 2.18. The van der Waals surface area contributed by atoms with Gasteiger partial charge in [0.1, 0.15) is 0 Å². The highest BCUT2D eigenvalue weighted by Crippen LogP contribution is 2.28. The standard InChI is InChI=1S/C18H28ClNO/c1-3-12-20-18(11-4-7-15-8-6-13-21-15)16-9-5-10-17(19)14(16)2/h5,9-10,15,18,20H,3-4,6-8,11-13H2,1-2H3. The molecule has 0 amide bonds. The van der Waals surface area contributed by atoms with Crippen molar-refractivity contribution < 1.29 is 4.74 Å². The van der Waals surface area contributed by atoms with Crippen LogP contribution >= 0.6 is 11.6 Å². The number of benzene rings is 1. The highest BCUT2D eigenvalue weighted by atomic mass is 35.5. The molecule has 1 heterocycles. The van der Waals surface area contributed by atoms with Crippen molar-refractivity contribution in [3.05, 3.63) is 34.3 Å². The van der Waals surface area contributed by atoms with E-state index in [-0.39, 0.29) is 0 Å². The predicted molar refractivity (Wildman–Crippen MR) is 90.0 cm³/mol. The summed E-state index contributed by atoms with van der Waals surface area (Å²) in [5.74, 6) is 0. The zero-order chi connectivity index (χ0) is 15.1. The van der Waals surface area contributed by atoms with Crippen molar-refractivity contribution in [2.75, 3.05) is 13.2 Å². The maximum absolute atomic E-state index is 6.28. The molecule has 21 heavy (non-hydrogen) atoms. The van der Waals surface area contributed by atoms with Crippen LogP contribution in [-0.2, 0) is 4.74 Å². The molecule has 1 N–H and O–H groups in total. The molecule has 3 heteroatoms. The van der Waals surface area contributed by atoms with E-state index in [1.54, 1.807) is 0 Å². The monoisotopic (exact) mass is 309 g/mol. The number of hydrogen-bond acceptors (Lipinski definition) is 2. The lowest BCUT2D eigenvalue weighted by atomic mass is 9.95. The third-order valence-corrected chi connectivity index (χ3v) is 4.78. The van der Waals surface area contributed by atoms with Gasteiger partial charge in [0.15, 0.2) is 0 Å². The van der Waals surface area contributed by atoms with Crippen LogP contribution in [-0.4, -0.2) is 19.3 Å². The molecular weight excluding hydrogens is 282 g/mol. The van der Waals surface area contributed by atoms with Gasteiger partial charge in [0.2, 0.25) is 0 Å². The van der Waals surface area contributed by atoms with E-state index in [0.29, 0.717) is 12.1 Å². The fourth-order valence-corrected chi connectivity index (χ4v) is 3.29. The quantitative estimate of drug-likeness (QED) is 0.726. The molecule has 2 atom stereocenters. The van der Waals surface area contributed by atoms with Crippen LogP contribution in [0.4, 0.5) is 0 Å². The van der Waals surface area contributed by atoms with Gasteiger partial charge in [-0.2, -0.15) is 0 Å². The van der Waals surface area contributed by atoms with Gasteiger partial charge >= 0.3 is 0 Å². The Labute approximate surface area is 134 Å². The molecule has 1 fully saturated rings. The fraction of sp³-hybridized carbons (Fsp3) is 0.667. The lowest BCUT2D eigenvalue weighted by molar-refractivity contribution is 0.101. The normalized spacial score (nSPS) is 19.9. The van der Waals surface area contributed by atoms with E-state index in [1.807, 2.05) is 6.07 Å². The van der Waals surface area contributed by atoms with Gasteiger partial charge in [-0.15, -0.1) is 0 Å². The third-order valence-electron chi connectivity index (χ3n) is 4.37. The molecule has 1 aliphatic rings. The summed E-state index contributed by atoms with van der Waals surface area (Å²) in [7, 11) is 0. The fourth-order valence-electron chi connectivity index (χ4n) is 3.11. The lowest BCUT2D eigenvalue weighted by Crippen LogP contribution is -2.23. The van der Waals surface area contributed by atoms with Gasteiger partial charge in [-0.25, -0.2) is 0 Å². The van der Waals surface area contributed by atoms with Crippen LogP contribution in [0.2, 0.25) is 5.02 Å². The van der Waals surface area contributed by atoms with Crippen molar-refractivity contribution in [2.45, 2.75) is 64.5 Å². The second-order valence-corrected chi connectivity index (χ2v) is 6.43. The SMILES string of the molecule is CCCNC(CCCC1CCCO1)c1cccc(Cl)c1C. The summed E-state index contributed by atoms with van der Waals surface area (Å²) < 4.78 is 5.72. The number of ether oxygens (including phenoxy) is 1. The Morgan fingerprint density at radius 3 is 3.00 bits per heavy atom. The van der Waals surface area contributed by atoms with Crippen molar-refractivity contribution in [3.63, 3.8) is 0 Å². The largest absolute Gasteiger partial charge is 0.378 e. The van der Waals surface area contributed by atoms with E-state index < -0.39 is 0 Å². The molecule has 2 nitrogen and oxygen atoms in total. The van der Waals surface area contributed by atoms with E-state index in [4.69, 9.17) is 16.3 Å². The maximum atomic E-state index is 6.28. The van der Waals surface area contributed by atoms with Crippen LogP contribution in [0.5, 0.6) is 0 Å². The first kappa shape index (κ1) is 16.8. The second-order valence-electron chi connectivity index (χ2n) is 6.03. The van der Waals surface area contributed by atoms with Crippen molar-refractivity contribution >= 4 is 11.6 Å². The maximum Gasteiger partial charge on any atom is 0.0576 e. The molecule has 0 saturated carbocycles. The molecule has 1 aromatic rings. The van der Waals surface area contributed by atoms with Crippen LogP contribution in [0.3, 0.4) is 0 Å². The summed E-state index contributed by atoms with van der Waals surface area (Å²) in [6.07, 6.45) is 7.67.